The van der Waals surface area contributed by atoms with Gasteiger partial charge in [-0.3, -0.25) is 4.79 Å². The fourth-order valence-electron chi connectivity index (χ4n) is 2.45. The van der Waals surface area contributed by atoms with Gasteiger partial charge in [0.05, 0.1) is 6.10 Å². The molecule has 0 aliphatic heterocycles. The largest absolute Gasteiger partial charge is 0.387 e. The van der Waals surface area contributed by atoms with E-state index in [9.17, 15) is 9.90 Å². The molecule has 1 unspecified atom stereocenters. The molecule has 1 atom stereocenters. The monoisotopic (exact) mass is 236 g/mol. The Hall–Kier alpha value is -1.29. The van der Waals surface area contributed by atoms with Crippen LogP contribution in [0, 0.1) is 0 Å². The Balaban J connectivity index is 1.90. The van der Waals surface area contributed by atoms with Crippen LogP contribution in [0.15, 0.2) is 18.3 Å². The van der Waals surface area contributed by atoms with Crippen molar-refractivity contribution in [3.05, 3.63) is 24.0 Å². The Morgan fingerprint density at radius 2 is 2.29 bits per heavy atom. The molecule has 1 aliphatic rings. The Labute approximate surface area is 102 Å². The van der Waals surface area contributed by atoms with E-state index < -0.39 is 6.10 Å². The van der Waals surface area contributed by atoms with Crippen molar-refractivity contribution >= 4 is 5.91 Å². The molecule has 4 nitrogen and oxygen atoms in total. The molecule has 0 bridgehead atoms. The third kappa shape index (κ3) is 3.09. The first-order valence-electron chi connectivity index (χ1n) is 6.29. The van der Waals surface area contributed by atoms with Gasteiger partial charge >= 0.3 is 0 Å². The van der Waals surface area contributed by atoms with Crippen molar-refractivity contribution in [3.8, 4) is 0 Å². The highest BCUT2D eigenvalue weighted by Gasteiger charge is 2.17. The number of rotatable bonds is 4. The number of aromatic nitrogens is 1. The quantitative estimate of drug-likeness (QED) is 0.834. The lowest BCUT2D eigenvalue weighted by molar-refractivity contribution is -0.122. The molecule has 1 saturated carbocycles. The number of carbonyl (C=O) groups excluding carboxylic acids is 1. The first-order chi connectivity index (χ1) is 8.16. The van der Waals surface area contributed by atoms with Crippen LogP contribution in [0.5, 0.6) is 0 Å². The summed E-state index contributed by atoms with van der Waals surface area (Å²) in [4.78, 5) is 11.8. The molecule has 2 N–H and O–H groups in total. The lowest BCUT2D eigenvalue weighted by Gasteiger charge is -2.14. The summed E-state index contributed by atoms with van der Waals surface area (Å²) in [6, 6.07) is 4.05. The van der Waals surface area contributed by atoms with Gasteiger partial charge in [-0.1, -0.05) is 12.8 Å². The van der Waals surface area contributed by atoms with Crippen LogP contribution in [0.2, 0.25) is 0 Å². The molecule has 1 amide bonds. The van der Waals surface area contributed by atoms with Crippen LogP contribution in [0.3, 0.4) is 0 Å². The third-order valence-electron chi connectivity index (χ3n) is 3.33. The van der Waals surface area contributed by atoms with Crippen LogP contribution in [-0.2, 0) is 11.3 Å². The van der Waals surface area contributed by atoms with Crippen molar-refractivity contribution in [2.45, 2.75) is 51.3 Å². The molecule has 1 fully saturated rings. The average Bonchev–Trinajstić information content (AvgIpc) is 2.88. The Bertz CT molecular complexity index is 379. The second-order valence-corrected chi connectivity index (χ2v) is 4.79. The predicted molar refractivity (Wildman–Crippen MR) is 65.5 cm³/mol. The standard InChI is InChI=1S/C13H20N2O2/c1-10(16)12-7-4-8-15(12)9-13(17)14-11-5-2-3-6-11/h4,7-8,10-11,16H,2-3,5-6,9H2,1H3,(H,14,17). The summed E-state index contributed by atoms with van der Waals surface area (Å²) in [5.74, 6) is 0.0370. The van der Waals surface area contributed by atoms with Crippen LogP contribution in [0.4, 0.5) is 0 Å². The van der Waals surface area contributed by atoms with E-state index in [1.165, 1.54) is 12.8 Å². The van der Waals surface area contributed by atoms with Gasteiger partial charge in [-0.2, -0.15) is 0 Å². The topological polar surface area (TPSA) is 54.3 Å². The lowest BCUT2D eigenvalue weighted by Crippen LogP contribution is -2.35. The van der Waals surface area contributed by atoms with Gasteiger partial charge in [0.25, 0.3) is 0 Å². The molecule has 94 valence electrons. The Morgan fingerprint density at radius 3 is 2.94 bits per heavy atom. The predicted octanol–water partition coefficient (Wildman–Crippen LogP) is 1.60. The molecule has 4 heteroatoms. The highest BCUT2D eigenvalue weighted by Crippen LogP contribution is 2.18. The molecule has 1 aliphatic carbocycles. The second kappa shape index (κ2) is 5.36. The van der Waals surface area contributed by atoms with Crippen LogP contribution in [0.1, 0.15) is 44.4 Å². The number of aliphatic hydroxyl groups excluding tert-OH is 1. The summed E-state index contributed by atoms with van der Waals surface area (Å²) < 4.78 is 1.80. The van der Waals surface area contributed by atoms with Crippen molar-refractivity contribution in [2.75, 3.05) is 0 Å². The fraction of sp³-hybridized carbons (Fsp3) is 0.615. The minimum Gasteiger partial charge on any atom is -0.387 e. The maximum absolute atomic E-state index is 11.8. The second-order valence-electron chi connectivity index (χ2n) is 4.79. The van der Waals surface area contributed by atoms with E-state index in [-0.39, 0.29) is 5.91 Å². The third-order valence-corrected chi connectivity index (χ3v) is 3.33. The SMILES string of the molecule is CC(O)c1cccn1CC(=O)NC1CCCC1. The van der Waals surface area contributed by atoms with Crippen LogP contribution < -0.4 is 5.32 Å². The molecule has 0 aromatic carbocycles. The van der Waals surface area contributed by atoms with Crippen molar-refractivity contribution in [2.24, 2.45) is 0 Å². The van der Waals surface area contributed by atoms with Gasteiger partial charge in [0.1, 0.15) is 6.54 Å². The van der Waals surface area contributed by atoms with Gasteiger partial charge < -0.3 is 15.0 Å². The number of amides is 1. The smallest absolute Gasteiger partial charge is 0.240 e. The van der Waals surface area contributed by atoms with E-state index in [2.05, 4.69) is 5.32 Å². The number of hydrogen-bond acceptors (Lipinski definition) is 2. The van der Waals surface area contributed by atoms with E-state index in [1.807, 2.05) is 18.3 Å². The van der Waals surface area contributed by atoms with Crippen molar-refractivity contribution < 1.29 is 9.90 Å². The van der Waals surface area contributed by atoms with Crippen LogP contribution >= 0.6 is 0 Å². The minimum atomic E-state index is -0.538. The molecular formula is C13H20N2O2. The molecular weight excluding hydrogens is 216 g/mol. The molecule has 0 saturated heterocycles. The summed E-state index contributed by atoms with van der Waals surface area (Å²) in [7, 11) is 0. The Kier molecular flexibility index (Phi) is 3.84. The minimum absolute atomic E-state index is 0.0370. The number of carbonyl (C=O) groups is 1. The summed E-state index contributed by atoms with van der Waals surface area (Å²) in [6.45, 7) is 2.00. The van der Waals surface area contributed by atoms with Gasteiger partial charge in [0.2, 0.25) is 5.91 Å². The van der Waals surface area contributed by atoms with Gasteiger partial charge in [-0.05, 0) is 31.9 Å². The Morgan fingerprint density at radius 1 is 1.59 bits per heavy atom. The van der Waals surface area contributed by atoms with Gasteiger partial charge in [0.15, 0.2) is 0 Å². The fourth-order valence-corrected chi connectivity index (χ4v) is 2.45. The van der Waals surface area contributed by atoms with E-state index in [4.69, 9.17) is 0 Å². The average molecular weight is 236 g/mol. The summed E-state index contributed by atoms with van der Waals surface area (Å²) in [5, 5.41) is 12.6. The number of aliphatic hydroxyl groups is 1. The molecule has 17 heavy (non-hydrogen) atoms. The first kappa shape index (κ1) is 12.2. The van der Waals surface area contributed by atoms with E-state index in [1.54, 1.807) is 11.5 Å². The van der Waals surface area contributed by atoms with Crippen molar-refractivity contribution in [1.82, 2.24) is 9.88 Å². The number of nitrogens with one attached hydrogen (secondary N) is 1. The zero-order valence-corrected chi connectivity index (χ0v) is 10.2. The molecule has 0 radical (unpaired) electrons. The normalized spacial score (nSPS) is 18.2. The maximum atomic E-state index is 11.8. The van der Waals surface area contributed by atoms with E-state index in [0.717, 1.165) is 18.5 Å². The van der Waals surface area contributed by atoms with Crippen molar-refractivity contribution in [3.63, 3.8) is 0 Å². The summed E-state index contributed by atoms with van der Waals surface area (Å²) >= 11 is 0. The van der Waals surface area contributed by atoms with E-state index >= 15 is 0 Å². The lowest BCUT2D eigenvalue weighted by atomic mass is 10.2. The van der Waals surface area contributed by atoms with Crippen LogP contribution in [0.25, 0.3) is 0 Å². The maximum Gasteiger partial charge on any atom is 0.240 e. The van der Waals surface area contributed by atoms with E-state index in [0.29, 0.717) is 12.6 Å². The number of nitrogens with zero attached hydrogens (tertiary/aromatic N) is 1. The zero-order valence-electron chi connectivity index (χ0n) is 10.2. The molecule has 1 aromatic heterocycles. The van der Waals surface area contributed by atoms with Gasteiger partial charge in [-0.25, -0.2) is 0 Å². The summed E-state index contributed by atoms with van der Waals surface area (Å²) in [5.41, 5.74) is 0.784. The van der Waals surface area contributed by atoms with Crippen LogP contribution in [-0.4, -0.2) is 21.6 Å². The number of hydrogen-bond donors (Lipinski definition) is 2. The first-order valence-corrected chi connectivity index (χ1v) is 6.29. The van der Waals surface area contributed by atoms with Gasteiger partial charge in [0, 0.05) is 17.9 Å². The molecule has 1 heterocycles. The molecule has 1 aromatic rings. The van der Waals surface area contributed by atoms with Gasteiger partial charge in [-0.15, -0.1) is 0 Å². The molecule has 0 spiro atoms. The zero-order chi connectivity index (χ0) is 12.3. The highest BCUT2D eigenvalue weighted by atomic mass is 16.3. The summed E-state index contributed by atoms with van der Waals surface area (Å²) in [6.07, 6.45) is 5.92. The van der Waals surface area contributed by atoms with Crippen molar-refractivity contribution in [1.29, 1.82) is 0 Å². The molecule has 2 rings (SSSR count). The highest BCUT2D eigenvalue weighted by molar-refractivity contribution is 5.76.